The molecule has 0 aliphatic rings. The molecule has 0 saturated heterocycles. The van der Waals surface area contributed by atoms with Crippen molar-refractivity contribution in [1.29, 1.82) is 0 Å². The largest absolute Gasteiger partial charge is 0.455 e. The minimum absolute atomic E-state index is 0.856. The van der Waals surface area contributed by atoms with E-state index in [1.807, 2.05) is 12.1 Å². The van der Waals surface area contributed by atoms with Gasteiger partial charge in [-0.15, -0.1) is 0 Å². The highest BCUT2D eigenvalue weighted by molar-refractivity contribution is 6.19. The number of anilines is 3. The fourth-order valence-electron chi connectivity index (χ4n) is 9.16. The normalized spacial score (nSPS) is 11.8. The Balaban J connectivity index is 1.21. The second-order valence-corrected chi connectivity index (χ2v) is 14.8. The SMILES string of the molecule is c1ccc(N(c2ccccc2)c2cccc3c2c2ccccc2n3-c2cccc(-c3cccc4c3oc3ccccc34)c2-c2cccc3c2oc2ccccc23)cc1. The first-order valence-electron chi connectivity index (χ1n) is 19.7. The maximum Gasteiger partial charge on any atom is 0.143 e. The fourth-order valence-corrected chi connectivity index (χ4v) is 9.16. The van der Waals surface area contributed by atoms with Crippen LogP contribution in [0.5, 0.6) is 0 Å². The van der Waals surface area contributed by atoms with E-state index >= 15 is 0 Å². The summed E-state index contributed by atoms with van der Waals surface area (Å²) in [6, 6.07) is 73.1. The number of para-hydroxylation sites is 7. The Labute approximate surface area is 334 Å². The molecule has 0 atom stereocenters. The number of furan rings is 2. The molecule has 3 heterocycles. The van der Waals surface area contributed by atoms with E-state index in [-0.39, 0.29) is 0 Å². The topological polar surface area (TPSA) is 34.5 Å². The van der Waals surface area contributed by atoms with Crippen molar-refractivity contribution in [1.82, 2.24) is 4.57 Å². The molecule has 0 fully saturated rings. The number of nitrogens with zero attached hydrogens (tertiary/aromatic N) is 2. The van der Waals surface area contributed by atoms with Gasteiger partial charge in [0.15, 0.2) is 0 Å². The van der Waals surface area contributed by atoms with Crippen LogP contribution in [0.3, 0.4) is 0 Å². The minimum Gasteiger partial charge on any atom is -0.455 e. The summed E-state index contributed by atoms with van der Waals surface area (Å²) in [5.74, 6) is 0. The molecule has 0 aliphatic heterocycles. The van der Waals surface area contributed by atoms with Gasteiger partial charge < -0.3 is 18.3 Å². The molecular formula is C54H34N2O2. The summed E-state index contributed by atoms with van der Waals surface area (Å²) in [6.45, 7) is 0. The summed E-state index contributed by atoms with van der Waals surface area (Å²) in [5, 5.41) is 6.72. The fraction of sp³-hybridized carbons (Fsp3) is 0. The molecule has 272 valence electrons. The Kier molecular flexibility index (Phi) is 7.20. The Morgan fingerprint density at radius 3 is 1.50 bits per heavy atom. The van der Waals surface area contributed by atoms with Crippen molar-refractivity contribution in [2.24, 2.45) is 0 Å². The van der Waals surface area contributed by atoms with Gasteiger partial charge in [-0.1, -0.05) is 146 Å². The Morgan fingerprint density at radius 2 is 0.828 bits per heavy atom. The first-order valence-corrected chi connectivity index (χ1v) is 19.7. The molecule has 0 unspecified atom stereocenters. The summed E-state index contributed by atoms with van der Waals surface area (Å²) in [7, 11) is 0. The summed E-state index contributed by atoms with van der Waals surface area (Å²) in [5.41, 5.74) is 14.2. The highest BCUT2D eigenvalue weighted by Gasteiger charge is 2.26. The van der Waals surface area contributed by atoms with Crippen LogP contribution < -0.4 is 4.90 Å². The Bertz CT molecular complexity index is 3480. The summed E-state index contributed by atoms with van der Waals surface area (Å²) >= 11 is 0. The quantitative estimate of drug-likeness (QED) is 0.170. The van der Waals surface area contributed by atoms with Crippen molar-refractivity contribution in [2.75, 3.05) is 4.90 Å². The van der Waals surface area contributed by atoms with E-state index in [9.17, 15) is 0 Å². The van der Waals surface area contributed by atoms with Gasteiger partial charge >= 0.3 is 0 Å². The molecule has 9 aromatic carbocycles. The van der Waals surface area contributed by atoms with Crippen LogP contribution in [0.25, 0.3) is 93.6 Å². The van der Waals surface area contributed by atoms with E-state index in [2.05, 4.69) is 204 Å². The lowest BCUT2D eigenvalue weighted by atomic mass is 9.91. The molecule has 0 saturated carbocycles. The molecule has 0 radical (unpaired) electrons. The number of fused-ring (bicyclic) bond motifs is 9. The summed E-state index contributed by atoms with van der Waals surface area (Å²) in [6.07, 6.45) is 0. The van der Waals surface area contributed by atoms with E-state index in [0.29, 0.717) is 0 Å². The first kappa shape index (κ1) is 32.4. The van der Waals surface area contributed by atoms with Crippen LogP contribution in [0.1, 0.15) is 0 Å². The number of benzene rings is 9. The Morgan fingerprint density at radius 1 is 0.345 bits per heavy atom. The first-order chi connectivity index (χ1) is 28.8. The average molecular weight is 743 g/mol. The van der Waals surface area contributed by atoms with Crippen LogP contribution in [-0.2, 0) is 0 Å². The zero-order chi connectivity index (χ0) is 38.2. The van der Waals surface area contributed by atoms with Crippen LogP contribution >= 0.6 is 0 Å². The van der Waals surface area contributed by atoms with Crippen molar-refractivity contribution in [3.63, 3.8) is 0 Å². The van der Waals surface area contributed by atoms with Crippen molar-refractivity contribution in [3.8, 4) is 27.9 Å². The Hall–Kier alpha value is -7.82. The van der Waals surface area contributed by atoms with Gasteiger partial charge in [-0.3, -0.25) is 0 Å². The van der Waals surface area contributed by atoms with Crippen LogP contribution in [0.15, 0.2) is 215 Å². The molecule has 3 aromatic heterocycles. The van der Waals surface area contributed by atoms with Crippen LogP contribution in [-0.4, -0.2) is 4.57 Å². The van der Waals surface area contributed by atoms with Crippen LogP contribution in [0.4, 0.5) is 17.1 Å². The molecular weight excluding hydrogens is 709 g/mol. The van der Waals surface area contributed by atoms with Gasteiger partial charge in [-0.05, 0) is 66.2 Å². The predicted octanol–water partition coefficient (Wildman–Crippen LogP) is 15.4. The molecule has 12 rings (SSSR count). The smallest absolute Gasteiger partial charge is 0.143 e. The maximum atomic E-state index is 6.82. The monoisotopic (exact) mass is 742 g/mol. The number of aromatic nitrogens is 1. The number of hydrogen-bond acceptors (Lipinski definition) is 3. The van der Waals surface area contributed by atoms with Crippen molar-refractivity contribution >= 4 is 82.7 Å². The summed E-state index contributed by atoms with van der Waals surface area (Å²) in [4.78, 5) is 2.37. The molecule has 0 bridgehead atoms. The van der Waals surface area contributed by atoms with Crippen molar-refractivity contribution in [3.05, 3.63) is 206 Å². The third kappa shape index (κ3) is 4.82. The molecule has 0 spiro atoms. The van der Waals surface area contributed by atoms with Crippen LogP contribution in [0, 0.1) is 0 Å². The molecule has 0 amide bonds. The van der Waals surface area contributed by atoms with E-state index in [1.54, 1.807) is 0 Å². The summed E-state index contributed by atoms with van der Waals surface area (Å²) < 4.78 is 16.0. The second-order valence-electron chi connectivity index (χ2n) is 14.8. The van der Waals surface area contributed by atoms with E-state index in [0.717, 1.165) is 99.9 Å². The second kappa shape index (κ2) is 12.9. The lowest BCUT2D eigenvalue weighted by Crippen LogP contribution is -2.10. The molecule has 0 N–H and O–H groups in total. The van der Waals surface area contributed by atoms with Gasteiger partial charge in [0, 0.05) is 60.4 Å². The van der Waals surface area contributed by atoms with Gasteiger partial charge in [0.1, 0.15) is 22.3 Å². The maximum absolute atomic E-state index is 6.82. The van der Waals surface area contributed by atoms with Crippen LogP contribution in [0.2, 0.25) is 0 Å². The molecule has 4 nitrogen and oxygen atoms in total. The lowest BCUT2D eigenvalue weighted by molar-refractivity contribution is 0.669. The van der Waals surface area contributed by atoms with E-state index in [4.69, 9.17) is 8.83 Å². The van der Waals surface area contributed by atoms with Gasteiger partial charge in [0.25, 0.3) is 0 Å². The third-order valence-electron chi connectivity index (χ3n) is 11.6. The van der Waals surface area contributed by atoms with E-state index < -0.39 is 0 Å². The minimum atomic E-state index is 0.856. The van der Waals surface area contributed by atoms with E-state index in [1.165, 1.54) is 10.8 Å². The lowest BCUT2D eigenvalue weighted by Gasteiger charge is -2.26. The highest BCUT2D eigenvalue weighted by Crippen LogP contribution is 2.49. The number of rotatable bonds is 6. The third-order valence-corrected chi connectivity index (χ3v) is 11.6. The van der Waals surface area contributed by atoms with Gasteiger partial charge in [0.2, 0.25) is 0 Å². The number of hydrogen-bond donors (Lipinski definition) is 0. The molecule has 58 heavy (non-hydrogen) atoms. The van der Waals surface area contributed by atoms with Gasteiger partial charge in [-0.25, -0.2) is 0 Å². The molecule has 12 aromatic rings. The van der Waals surface area contributed by atoms with Gasteiger partial charge in [-0.2, -0.15) is 0 Å². The highest BCUT2D eigenvalue weighted by atomic mass is 16.3. The zero-order valence-corrected chi connectivity index (χ0v) is 31.3. The molecule has 0 aliphatic carbocycles. The van der Waals surface area contributed by atoms with Gasteiger partial charge in [0.05, 0.1) is 22.4 Å². The molecule has 4 heteroatoms. The zero-order valence-electron chi connectivity index (χ0n) is 31.3. The standard InChI is InChI=1S/C54H34N2O2/c1-3-17-35(18-4-1)55(36-19-5-2-6-20-36)47-31-16-32-48-52(47)43-23-7-10-29-45(43)56(48)46-30-15-24-39(42-27-13-25-40-37-21-8-11-33-49(37)57-53(40)42)51(46)44-28-14-26-41-38-22-9-12-34-50(38)58-54(41)44/h1-34H. The average Bonchev–Trinajstić information content (AvgIpc) is 3.97. The van der Waals surface area contributed by atoms with Crippen molar-refractivity contribution < 1.29 is 8.83 Å². The predicted molar refractivity (Wildman–Crippen MR) is 241 cm³/mol. The van der Waals surface area contributed by atoms with Crippen molar-refractivity contribution in [2.45, 2.75) is 0 Å².